The van der Waals surface area contributed by atoms with Crippen LogP contribution in [0.4, 0.5) is 5.69 Å². The number of hydrogen-bond donors (Lipinski definition) is 3. The molecule has 2 unspecified atom stereocenters. The van der Waals surface area contributed by atoms with E-state index in [0.717, 1.165) is 16.6 Å². The highest BCUT2D eigenvalue weighted by atomic mass is 79.9. The first-order valence-corrected chi connectivity index (χ1v) is 6.97. The predicted molar refractivity (Wildman–Crippen MR) is 76.5 cm³/mol. The van der Waals surface area contributed by atoms with Crippen LogP contribution >= 0.6 is 15.9 Å². The molecule has 0 radical (unpaired) electrons. The maximum Gasteiger partial charge on any atom is 0.248 e. The van der Waals surface area contributed by atoms with E-state index in [1.54, 1.807) is 12.1 Å². The van der Waals surface area contributed by atoms with Crippen molar-refractivity contribution in [3.63, 3.8) is 0 Å². The van der Waals surface area contributed by atoms with E-state index in [0.29, 0.717) is 24.1 Å². The van der Waals surface area contributed by atoms with Crippen LogP contribution in [-0.2, 0) is 0 Å². The molecule has 2 rings (SSSR count). The van der Waals surface area contributed by atoms with Crippen LogP contribution in [0.5, 0.6) is 0 Å². The van der Waals surface area contributed by atoms with E-state index in [9.17, 15) is 4.79 Å². The molecule has 4 nitrogen and oxygen atoms in total. The van der Waals surface area contributed by atoms with Crippen molar-refractivity contribution in [3.05, 3.63) is 28.2 Å². The fourth-order valence-electron chi connectivity index (χ4n) is 2.49. The minimum absolute atomic E-state index is 0.414. The molecule has 1 amide bonds. The lowest BCUT2D eigenvalue weighted by Gasteiger charge is -2.21. The van der Waals surface area contributed by atoms with Gasteiger partial charge in [0.05, 0.1) is 0 Å². The Morgan fingerprint density at radius 2 is 2.22 bits per heavy atom. The molecule has 1 saturated carbocycles. The first kappa shape index (κ1) is 13.4. The quantitative estimate of drug-likeness (QED) is 0.796. The summed E-state index contributed by atoms with van der Waals surface area (Å²) in [5, 5.41) is 3.50. The van der Waals surface area contributed by atoms with E-state index in [4.69, 9.17) is 11.5 Å². The van der Waals surface area contributed by atoms with Crippen molar-refractivity contribution in [1.82, 2.24) is 0 Å². The number of nitrogens with two attached hydrogens (primary N) is 2. The number of anilines is 1. The van der Waals surface area contributed by atoms with Crippen molar-refractivity contribution in [2.75, 3.05) is 11.9 Å². The summed E-state index contributed by atoms with van der Waals surface area (Å²) in [7, 11) is 0. The van der Waals surface area contributed by atoms with Crippen LogP contribution in [0.2, 0.25) is 0 Å². The Morgan fingerprint density at radius 3 is 2.83 bits per heavy atom. The van der Waals surface area contributed by atoms with Crippen LogP contribution in [0.3, 0.4) is 0 Å². The van der Waals surface area contributed by atoms with Crippen LogP contribution in [0.25, 0.3) is 0 Å². The second-order valence-electron chi connectivity index (χ2n) is 4.74. The van der Waals surface area contributed by atoms with Crippen molar-refractivity contribution >= 4 is 27.5 Å². The third kappa shape index (κ3) is 2.84. The van der Waals surface area contributed by atoms with Gasteiger partial charge in [0.15, 0.2) is 0 Å². The van der Waals surface area contributed by atoms with Gasteiger partial charge < -0.3 is 16.8 Å². The number of benzene rings is 1. The molecule has 0 bridgehead atoms. The first-order chi connectivity index (χ1) is 8.61. The normalized spacial score (nSPS) is 23.0. The van der Waals surface area contributed by atoms with E-state index in [1.165, 1.54) is 12.8 Å². The summed E-state index contributed by atoms with van der Waals surface area (Å²) < 4.78 is 0.862. The van der Waals surface area contributed by atoms with Gasteiger partial charge in [0.25, 0.3) is 0 Å². The molecule has 5 heteroatoms. The average Bonchev–Trinajstić information content (AvgIpc) is 2.78. The van der Waals surface area contributed by atoms with Gasteiger partial charge in [-0.2, -0.15) is 0 Å². The summed E-state index contributed by atoms with van der Waals surface area (Å²) in [6.45, 7) is 0.717. The van der Waals surface area contributed by atoms with Crippen LogP contribution in [0.1, 0.15) is 29.6 Å². The number of nitrogens with one attached hydrogen (secondary N) is 1. The van der Waals surface area contributed by atoms with Gasteiger partial charge in [-0.3, -0.25) is 4.79 Å². The molecule has 0 saturated heterocycles. The highest BCUT2D eigenvalue weighted by molar-refractivity contribution is 9.10. The zero-order valence-corrected chi connectivity index (χ0v) is 11.7. The molecule has 2 atom stereocenters. The van der Waals surface area contributed by atoms with Gasteiger partial charge in [-0.15, -0.1) is 0 Å². The molecule has 98 valence electrons. The number of hydrogen-bond acceptors (Lipinski definition) is 3. The monoisotopic (exact) mass is 311 g/mol. The lowest BCUT2D eigenvalue weighted by Crippen LogP contribution is -2.29. The highest BCUT2D eigenvalue weighted by Gasteiger charge is 2.26. The molecule has 0 heterocycles. The molecule has 0 aromatic heterocycles. The molecular formula is C13H18BrN3O. The molecule has 0 spiro atoms. The standard InChI is InChI=1S/C13H18BrN3O/c14-10-6-8(13(16)18)4-5-12(10)17-11-3-1-2-9(11)7-15/h4-6,9,11,17H,1-3,7,15H2,(H2,16,18). The average molecular weight is 312 g/mol. The zero-order chi connectivity index (χ0) is 13.1. The third-order valence-electron chi connectivity index (χ3n) is 3.56. The minimum Gasteiger partial charge on any atom is -0.381 e. The third-order valence-corrected chi connectivity index (χ3v) is 4.21. The van der Waals surface area contributed by atoms with Crippen molar-refractivity contribution in [3.8, 4) is 0 Å². The molecular weight excluding hydrogens is 294 g/mol. The Hall–Kier alpha value is -1.07. The zero-order valence-electron chi connectivity index (χ0n) is 10.2. The summed E-state index contributed by atoms with van der Waals surface area (Å²) in [6.07, 6.45) is 3.55. The van der Waals surface area contributed by atoms with Crippen LogP contribution in [-0.4, -0.2) is 18.5 Å². The second-order valence-corrected chi connectivity index (χ2v) is 5.59. The number of rotatable bonds is 4. The van der Waals surface area contributed by atoms with Crippen LogP contribution < -0.4 is 16.8 Å². The molecule has 0 aliphatic heterocycles. The fraction of sp³-hybridized carbons (Fsp3) is 0.462. The van der Waals surface area contributed by atoms with Gasteiger partial charge in [-0.1, -0.05) is 6.42 Å². The lowest BCUT2D eigenvalue weighted by atomic mass is 10.0. The Bertz CT molecular complexity index is 450. The summed E-state index contributed by atoms with van der Waals surface area (Å²) in [5.41, 5.74) is 12.5. The van der Waals surface area contributed by atoms with Crippen molar-refractivity contribution in [1.29, 1.82) is 0 Å². The second kappa shape index (κ2) is 5.71. The SMILES string of the molecule is NCC1CCCC1Nc1ccc(C(N)=O)cc1Br. The Kier molecular flexibility index (Phi) is 4.24. The number of primary amides is 1. The van der Waals surface area contributed by atoms with Crippen LogP contribution in [0, 0.1) is 5.92 Å². The Morgan fingerprint density at radius 1 is 1.44 bits per heavy atom. The molecule has 1 fully saturated rings. The first-order valence-electron chi connectivity index (χ1n) is 6.17. The Labute approximate surface area is 115 Å². The van der Waals surface area contributed by atoms with Gasteiger partial charge in [-0.25, -0.2) is 0 Å². The summed E-state index contributed by atoms with van der Waals surface area (Å²) >= 11 is 3.46. The topological polar surface area (TPSA) is 81.1 Å². The molecule has 1 aromatic rings. The van der Waals surface area contributed by atoms with Gasteiger partial charge in [0.1, 0.15) is 0 Å². The van der Waals surface area contributed by atoms with Gasteiger partial charge in [-0.05, 0) is 59.4 Å². The highest BCUT2D eigenvalue weighted by Crippen LogP contribution is 2.31. The number of amides is 1. The number of carbonyl (C=O) groups is 1. The predicted octanol–water partition coefficient (Wildman–Crippen LogP) is 2.09. The van der Waals surface area contributed by atoms with Crippen molar-refractivity contribution in [2.24, 2.45) is 17.4 Å². The molecule has 5 N–H and O–H groups in total. The van der Waals surface area contributed by atoms with Gasteiger partial charge >= 0.3 is 0 Å². The van der Waals surface area contributed by atoms with Crippen molar-refractivity contribution in [2.45, 2.75) is 25.3 Å². The summed E-state index contributed by atoms with van der Waals surface area (Å²) in [6, 6.07) is 5.79. The fourth-order valence-corrected chi connectivity index (χ4v) is 2.99. The summed E-state index contributed by atoms with van der Waals surface area (Å²) in [4.78, 5) is 11.1. The number of halogens is 1. The summed E-state index contributed by atoms with van der Waals surface area (Å²) in [5.74, 6) is 0.121. The lowest BCUT2D eigenvalue weighted by molar-refractivity contribution is 0.100. The van der Waals surface area contributed by atoms with E-state index in [1.807, 2.05) is 6.07 Å². The smallest absolute Gasteiger partial charge is 0.248 e. The van der Waals surface area contributed by atoms with Crippen molar-refractivity contribution < 1.29 is 4.79 Å². The molecule has 18 heavy (non-hydrogen) atoms. The molecule has 1 aromatic carbocycles. The van der Waals surface area contributed by atoms with E-state index >= 15 is 0 Å². The van der Waals surface area contributed by atoms with E-state index in [2.05, 4.69) is 21.2 Å². The maximum absolute atomic E-state index is 11.1. The maximum atomic E-state index is 11.1. The van der Waals surface area contributed by atoms with Gasteiger partial charge in [0.2, 0.25) is 5.91 Å². The van der Waals surface area contributed by atoms with Crippen LogP contribution in [0.15, 0.2) is 22.7 Å². The largest absolute Gasteiger partial charge is 0.381 e. The molecule has 1 aliphatic carbocycles. The van der Waals surface area contributed by atoms with E-state index in [-0.39, 0.29) is 0 Å². The van der Waals surface area contributed by atoms with Gasteiger partial charge in [0, 0.05) is 21.8 Å². The Balaban J connectivity index is 2.12. The number of carbonyl (C=O) groups excluding carboxylic acids is 1. The minimum atomic E-state index is -0.414. The molecule has 1 aliphatic rings. The van der Waals surface area contributed by atoms with E-state index < -0.39 is 5.91 Å².